The minimum Gasteiger partial charge on any atom is -0.333 e. The third-order valence-electron chi connectivity index (χ3n) is 4.69. The van der Waals surface area contributed by atoms with E-state index in [9.17, 15) is 14.0 Å². The zero-order valence-electron chi connectivity index (χ0n) is 15.2. The molecular weight excluding hydrogens is 361 g/mol. The molecule has 0 radical (unpaired) electrons. The third-order valence-corrected chi connectivity index (χ3v) is 4.69. The lowest BCUT2D eigenvalue weighted by molar-refractivity contribution is -0.118. The molecule has 1 atom stereocenters. The van der Waals surface area contributed by atoms with Crippen LogP contribution in [0, 0.1) is 5.82 Å². The molecule has 1 N–H and O–H groups in total. The lowest BCUT2D eigenvalue weighted by Gasteiger charge is -2.31. The van der Waals surface area contributed by atoms with E-state index in [1.807, 2.05) is 0 Å². The normalized spacial score (nSPS) is 15.8. The van der Waals surface area contributed by atoms with E-state index >= 15 is 0 Å². The van der Waals surface area contributed by atoms with E-state index in [4.69, 9.17) is 0 Å². The second kappa shape index (κ2) is 7.22. The number of aromatic nitrogens is 3. The molecule has 2 aromatic heterocycles. The summed E-state index contributed by atoms with van der Waals surface area (Å²) >= 11 is 0. The van der Waals surface area contributed by atoms with Crippen molar-refractivity contribution >= 4 is 17.5 Å². The number of hydrogen-bond acceptors (Lipinski definition) is 4. The number of benzene rings is 1. The Kier molecular flexibility index (Phi) is 4.60. The molecule has 1 aliphatic heterocycles. The van der Waals surface area contributed by atoms with Gasteiger partial charge in [-0.1, -0.05) is 12.1 Å². The molecule has 8 heteroatoms. The second-order valence-corrected chi connectivity index (χ2v) is 6.66. The quantitative estimate of drug-likeness (QED) is 0.758. The zero-order valence-corrected chi connectivity index (χ0v) is 15.2. The van der Waals surface area contributed by atoms with Crippen molar-refractivity contribution in [3.63, 3.8) is 0 Å². The van der Waals surface area contributed by atoms with Crippen LogP contribution in [0.1, 0.15) is 27.5 Å². The molecule has 1 aliphatic rings. The summed E-state index contributed by atoms with van der Waals surface area (Å²) in [6.45, 7) is 0.513. The fourth-order valence-electron chi connectivity index (χ4n) is 3.37. The van der Waals surface area contributed by atoms with Gasteiger partial charge in [0.2, 0.25) is 5.91 Å². The highest BCUT2D eigenvalue weighted by Crippen LogP contribution is 2.29. The van der Waals surface area contributed by atoms with Gasteiger partial charge in [0.25, 0.3) is 5.91 Å². The van der Waals surface area contributed by atoms with E-state index in [2.05, 4.69) is 15.4 Å². The topological polar surface area (TPSA) is 80.1 Å². The van der Waals surface area contributed by atoms with Crippen molar-refractivity contribution in [3.8, 4) is 0 Å². The summed E-state index contributed by atoms with van der Waals surface area (Å²) in [6.07, 6.45) is 4.90. The van der Waals surface area contributed by atoms with Gasteiger partial charge in [0.15, 0.2) is 0 Å². The largest absolute Gasteiger partial charge is 0.333 e. The Balaban J connectivity index is 1.63. The monoisotopic (exact) mass is 379 g/mol. The Morgan fingerprint density at radius 1 is 1.18 bits per heavy atom. The Hall–Kier alpha value is -3.55. The molecule has 2 amide bonds. The first-order valence-electron chi connectivity index (χ1n) is 8.80. The Morgan fingerprint density at radius 3 is 2.68 bits per heavy atom. The summed E-state index contributed by atoms with van der Waals surface area (Å²) in [6, 6.07) is 9.24. The summed E-state index contributed by atoms with van der Waals surface area (Å²) in [4.78, 5) is 31.3. The van der Waals surface area contributed by atoms with Crippen LogP contribution in [0.15, 0.2) is 55.0 Å². The number of aryl methyl sites for hydroxylation is 1. The predicted octanol–water partition coefficient (Wildman–Crippen LogP) is 2.33. The first-order chi connectivity index (χ1) is 13.5. The van der Waals surface area contributed by atoms with Crippen molar-refractivity contribution in [1.29, 1.82) is 0 Å². The Labute approximate surface area is 160 Å². The van der Waals surface area contributed by atoms with Crippen molar-refractivity contribution in [2.24, 2.45) is 7.05 Å². The van der Waals surface area contributed by atoms with Crippen LogP contribution in [0.3, 0.4) is 0 Å². The Morgan fingerprint density at radius 2 is 1.93 bits per heavy atom. The number of amides is 2. The minimum atomic E-state index is -0.699. The molecule has 0 spiro atoms. The van der Waals surface area contributed by atoms with Crippen LogP contribution in [0.5, 0.6) is 0 Å². The van der Waals surface area contributed by atoms with E-state index in [1.54, 1.807) is 59.5 Å². The molecule has 3 aromatic rings. The van der Waals surface area contributed by atoms with Crippen LogP contribution >= 0.6 is 0 Å². The van der Waals surface area contributed by atoms with Crippen molar-refractivity contribution in [3.05, 3.63) is 77.6 Å². The van der Waals surface area contributed by atoms with Crippen LogP contribution < -0.4 is 5.32 Å². The molecule has 3 heterocycles. The number of para-hydroxylation sites is 1. The van der Waals surface area contributed by atoms with Crippen molar-refractivity contribution in [2.75, 3.05) is 11.9 Å². The number of hydrogen-bond donors (Lipinski definition) is 1. The maximum absolute atomic E-state index is 13.9. The molecule has 0 aliphatic carbocycles. The molecule has 0 saturated heterocycles. The van der Waals surface area contributed by atoms with Gasteiger partial charge in [0.1, 0.15) is 11.7 Å². The van der Waals surface area contributed by atoms with Crippen LogP contribution in [-0.2, 0) is 18.4 Å². The highest BCUT2D eigenvalue weighted by molar-refractivity contribution is 5.98. The number of carbonyl (C=O) groups is 2. The van der Waals surface area contributed by atoms with Gasteiger partial charge in [0.05, 0.1) is 11.4 Å². The highest BCUT2D eigenvalue weighted by Gasteiger charge is 2.35. The number of rotatable bonds is 3. The van der Waals surface area contributed by atoms with E-state index in [0.29, 0.717) is 17.8 Å². The lowest BCUT2D eigenvalue weighted by Crippen LogP contribution is -2.42. The highest BCUT2D eigenvalue weighted by atomic mass is 19.1. The maximum Gasteiger partial charge on any atom is 0.254 e. The molecule has 0 fully saturated rings. The number of carbonyl (C=O) groups excluding carboxylic acids is 2. The molecular formula is C20H18FN5O2. The molecule has 0 saturated carbocycles. The van der Waals surface area contributed by atoms with Gasteiger partial charge in [-0.05, 0) is 24.3 Å². The number of nitrogens with zero attached hydrogens (tertiary/aromatic N) is 4. The second-order valence-electron chi connectivity index (χ2n) is 6.66. The molecule has 4 rings (SSSR count). The average molecular weight is 379 g/mol. The summed E-state index contributed by atoms with van der Waals surface area (Å²) < 4.78 is 15.6. The summed E-state index contributed by atoms with van der Waals surface area (Å²) in [7, 11) is 1.76. The number of fused-ring (bicyclic) bond motifs is 1. The summed E-state index contributed by atoms with van der Waals surface area (Å²) in [5.41, 5.74) is 2.00. The minimum absolute atomic E-state index is 0.0996. The Bertz CT molecular complexity index is 1030. The van der Waals surface area contributed by atoms with Crippen LogP contribution in [0.25, 0.3) is 0 Å². The van der Waals surface area contributed by atoms with E-state index in [1.165, 1.54) is 12.1 Å². The number of anilines is 1. The number of nitrogens with one attached hydrogen (secondary N) is 1. The van der Waals surface area contributed by atoms with Gasteiger partial charge in [-0.25, -0.2) is 4.39 Å². The first kappa shape index (κ1) is 17.8. The summed E-state index contributed by atoms with van der Waals surface area (Å²) in [5.74, 6) is -1.81. The molecule has 0 bridgehead atoms. The average Bonchev–Trinajstić information content (AvgIpc) is 3.09. The fourth-order valence-corrected chi connectivity index (χ4v) is 3.37. The lowest BCUT2D eigenvalue weighted by atomic mass is 9.95. The third kappa shape index (κ3) is 3.36. The van der Waals surface area contributed by atoms with Gasteiger partial charge in [-0.2, -0.15) is 5.10 Å². The van der Waals surface area contributed by atoms with Gasteiger partial charge in [-0.15, -0.1) is 0 Å². The van der Waals surface area contributed by atoms with E-state index < -0.39 is 17.6 Å². The summed E-state index contributed by atoms with van der Waals surface area (Å²) in [5, 5.41) is 7.02. The van der Waals surface area contributed by atoms with E-state index in [-0.39, 0.29) is 18.1 Å². The van der Waals surface area contributed by atoms with Crippen molar-refractivity contribution < 1.29 is 14.0 Å². The molecule has 142 valence electrons. The maximum atomic E-state index is 13.9. The molecule has 1 aromatic carbocycles. The van der Waals surface area contributed by atoms with Crippen LogP contribution in [-0.4, -0.2) is 38.0 Å². The van der Waals surface area contributed by atoms with Crippen LogP contribution in [0.4, 0.5) is 10.1 Å². The van der Waals surface area contributed by atoms with Crippen LogP contribution in [0.2, 0.25) is 0 Å². The van der Waals surface area contributed by atoms with Gasteiger partial charge < -0.3 is 10.2 Å². The van der Waals surface area contributed by atoms with Gasteiger partial charge >= 0.3 is 0 Å². The SMILES string of the molecule is Cn1cc2c(n1)C(C(=O)Nc1ccccc1F)CN(C(=O)c1ccncc1)C2. The zero-order chi connectivity index (χ0) is 19.7. The first-order valence-corrected chi connectivity index (χ1v) is 8.80. The number of halogens is 1. The fraction of sp³-hybridized carbons (Fsp3) is 0.200. The van der Waals surface area contributed by atoms with E-state index in [0.717, 1.165) is 5.56 Å². The van der Waals surface area contributed by atoms with Gasteiger partial charge in [0, 0.05) is 49.9 Å². The smallest absolute Gasteiger partial charge is 0.254 e. The van der Waals surface area contributed by atoms with Crippen molar-refractivity contribution in [2.45, 2.75) is 12.5 Å². The predicted molar refractivity (Wildman–Crippen MR) is 100.0 cm³/mol. The van der Waals surface area contributed by atoms with Gasteiger partial charge in [-0.3, -0.25) is 19.3 Å². The molecule has 1 unspecified atom stereocenters. The standard InChI is InChI=1S/C20H18FN5O2/c1-25-10-14-11-26(20(28)13-6-8-22-9-7-13)12-15(18(14)24-25)19(27)23-17-5-3-2-4-16(17)21/h2-10,15H,11-12H2,1H3,(H,23,27). The molecule has 28 heavy (non-hydrogen) atoms. The molecule has 7 nitrogen and oxygen atoms in total. The number of pyridine rings is 1. The van der Waals surface area contributed by atoms with Crippen molar-refractivity contribution in [1.82, 2.24) is 19.7 Å².